The highest BCUT2D eigenvalue weighted by molar-refractivity contribution is 9.10. The molecule has 88 valence electrons. The van der Waals surface area contributed by atoms with Gasteiger partial charge in [0.15, 0.2) is 0 Å². The van der Waals surface area contributed by atoms with Gasteiger partial charge in [-0.2, -0.15) is 0 Å². The quantitative estimate of drug-likeness (QED) is 0.877. The van der Waals surface area contributed by atoms with Gasteiger partial charge in [0, 0.05) is 21.8 Å². The number of benzene rings is 1. The van der Waals surface area contributed by atoms with Gasteiger partial charge in [0.05, 0.1) is 17.3 Å². The van der Waals surface area contributed by atoms with Gasteiger partial charge >= 0.3 is 0 Å². The van der Waals surface area contributed by atoms with E-state index in [-0.39, 0.29) is 6.10 Å². The molecule has 0 spiro atoms. The second-order valence-electron chi connectivity index (χ2n) is 3.95. The molecule has 3 rings (SSSR count). The molecule has 2 atom stereocenters. The predicted octanol–water partition coefficient (Wildman–Crippen LogP) is 3.46. The van der Waals surface area contributed by atoms with E-state index < -0.39 is 6.10 Å². The first kappa shape index (κ1) is 11.2. The summed E-state index contributed by atoms with van der Waals surface area (Å²) in [6, 6.07) is 5.69. The van der Waals surface area contributed by atoms with Crippen LogP contribution in [0.15, 0.2) is 33.6 Å². The van der Waals surface area contributed by atoms with Crippen molar-refractivity contribution in [3.63, 3.8) is 0 Å². The molecule has 0 amide bonds. The topological polar surface area (TPSA) is 42.4 Å². The van der Waals surface area contributed by atoms with E-state index in [0.29, 0.717) is 6.42 Å². The Balaban J connectivity index is 1.97. The van der Waals surface area contributed by atoms with Crippen LogP contribution in [0.3, 0.4) is 0 Å². The first-order chi connectivity index (χ1) is 8.24. The molecule has 0 saturated heterocycles. The minimum Gasteiger partial charge on any atom is -0.484 e. The lowest BCUT2D eigenvalue weighted by Crippen LogP contribution is -2.19. The summed E-state index contributed by atoms with van der Waals surface area (Å²) in [6.07, 6.45) is -0.0881. The third-order valence-corrected chi connectivity index (χ3v) is 3.92. The summed E-state index contributed by atoms with van der Waals surface area (Å²) in [5.74, 6) is 0.733. The fourth-order valence-electron chi connectivity index (χ4n) is 1.98. The zero-order valence-electron chi connectivity index (χ0n) is 8.84. The van der Waals surface area contributed by atoms with E-state index in [0.717, 1.165) is 21.5 Å². The minimum atomic E-state index is -0.487. The van der Waals surface area contributed by atoms with E-state index in [9.17, 15) is 5.11 Å². The van der Waals surface area contributed by atoms with Gasteiger partial charge in [0.25, 0.3) is 0 Å². The number of nitrogens with zero attached hydrogens (tertiary/aromatic N) is 1. The average molecular weight is 312 g/mol. The molecule has 2 aromatic rings. The van der Waals surface area contributed by atoms with Crippen molar-refractivity contribution in [2.75, 3.05) is 0 Å². The zero-order chi connectivity index (χ0) is 11.8. The lowest BCUT2D eigenvalue weighted by Gasteiger charge is -2.28. The Morgan fingerprint density at radius 3 is 3.12 bits per heavy atom. The summed E-state index contributed by atoms with van der Waals surface area (Å²) in [4.78, 5) is 4.24. The summed E-state index contributed by atoms with van der Waals surface area (Å²) < 4.78 is 6.83. The Morgan fingerprint density at radius 2 is 2.35 bits per heavy atom. The number of ether oxygens (including phenoxy) is 1. The number of thiazole rings is 1. The van der Waals surface area contributed by atoms with Gasteiger partial charge < -0.3 is 9.84 Å². The molecule has 5 heteroatoms. The lowest BCUT2D eigenvalue weighted by atomic mass is 9.98. The van der Waals surface area contributed by atoms with Crippen molar-refractivity contribution in [3.8, 4) is 5.75 Å². The molecule has 0 bridgehead atoms. The van der Waals surface area contributed by atoms with E-state index in [4.69, 9.17) is 4.74 Å². The Labute approximate surface area is 111 Å². The van der Waals surface area contributed by atoms with Crippen LogP contribution in [-0.2, 0) is 0 Å². The van der Waals surface area contributed by atoms with E-state index >= 15 is 0 Å². The summed E-state index contributed by atoms with van der Waals surface area (Å²) in [7, 11) is 0. The molecule has 1 unspecified atom stereocenters. The SMILES string of the molecule is O[C@@H]1CC(c2cscn2)Oc2cc(Br)ccc21. The van der Waals surface area contributed by atoms with Gasteiger partial charge in [-0.1, -0.05) is 22.0 Å². The predicted molar refractivity (Wildman–Crippen MR) is 69.2 cm³/mol. The molecule has 1 aromatic heterocycles. The van der Waals surface area contributed by atoms with Crippen LogP contribution in [0.2, 0.25) is 0 Å². The molecule has 1 aliphatic heterocycles. The summed E-state index contributed by atoms with van der Waals surface area (Å²) >= 11 is 4.94. The molecule has 0 fully saturated rings. The number of rotatable bonds is 1. The highest BCUT2D eigenvalue weighted by Gasteiger charge is 2.29. The molecule has 1 aromatic carbocycles. The summed E-state index contributed by atoms with van der Waals surface area (Å²) in [5.41, 5.74) is 3.51. The first-order valence-electron chi connectivity index (χ1n) is 5.26. The molecule has 3 nitrogen and oxygen atoms in total. The molecular weight excluding hydrogens is 302 g/mol. The van der Waals surface area contributed by atoms with Crippen LogP contribution in [-0.4, -0.2) is 10.1 Å². The third-order valence-electron chi connectivity index (χ3n) is 2.82. The Bertz CT molecular complexity index is 529. The number of aliphatic hydroxyl groups is 1. The normalized spacial score (nSPS) is 22.9. The van der Waals surface area contributed by atoms with Crippen molar-refractivity contribution in [2.45, 2.75) is 18.6 Å². The van der Waals surface area contributed by atoms with Gasteiger partial charge in [-0.3, -0.25) is 0 Å². The van der Waals surface area contributed by atoms with Crippen LogP contribution in [0.1, 0.15) is 29.9 Å². The number of fused-ring (bicyclic) bond motifs is 1. The number of halogens is 1. The van der Waals surface area contributed by atoms with Crippen molar-refractivity contribution < 1.29 is 9.84 Å². The Kier molecular flexibility index (Phi) is 2.90. The molecule has 2 heterocycles. The maximum absolute atomic E-state index is 10.1. The maximum Gasteiger partial charge on any atom is 0.144 e. The summed E-state index contributed by atoms with van der Waals surface area (Å²) in [5, 5.41) is 12.1. The van der Waals surface area contributed by atoms with Gasteiger partial charge in [0.2, 0.25) is 0 Å². The van der Waals surface area contributed by atoms with Crippen LogP contribution < -0.4 is 4.74 Å². The number of hydrogen-bond acceptors (Lipinski definition) is 4. The fraction of sp³-hybridized carbons (Fsp3) is 0.250. The second kappa shape index (κ2) is 4.40. The Morgan fingerprint density at radius 1 is 1.47 bits per heavy atom. The van der Waals surface area contributed by atoms with E-state index in [2.05, 4.69) is 20.9 Å². The summed E-state index contributed by atoms with van der Waals surface area (Å²) in [6.45, 7) is 0. The number of aromatic nitrogens is 1. The Hall–Kier alpha value is -0.910. The zero-order valence-corrected chi connectivity index (χ0v) is 11.2. The molecule has 1 N–H and O–H groups in total. The molecule has 0 aliphatic carbocycles. The minimum absolute atomic E-state index is 0.155. The van der Waals surface area contributed by atoms with Crippen molar-refractivity contribution in [1.82, 2.24) is 4.98 Å². The number of aliphatic hydroxyl groups excluding tert-OH is 1. The van der Waals surface area contributed by atoms with Crippen LogP contribution in [0.4, 0.5) is 0 Å². The van der Waals surface area contributed by atoms with Crippen molar-refractivity contribution in [2.24, 2.45) is 0 Å². The third kappa shape index (κ3) is 2.10. The van der Waals surface area contributed by atoms with Crippen molar-refractivity contribution in [1.29, 1.82) is 0 Å². The van der Waals surface area contributed by atoms with E-state index in [1.807, 2.05) is 23.6 Å². The highest BCUT2D eigenvalue weighted by atomic mass is 79.9. The van der Waals surface area contributed by atoms with Crippen LogP contribution in [0, 0.1) is 0 Å². The largest absolute Gasteiger partial charge is 0.484 e. The fourth-order valence-corrected chi connectivity index (χ4v) is 2.91. The highest BCUT2D eigenvalue weighted by Crippen LogP contribution is 2.41. The monoisotopic (exact) mass is 311 g/mol. The van der Waals surface area contributed by atoms with Gasteiger partial charge in [-0.25, -0.2) is 4.98 Å². The van der Waals surface area contributed by atoms with Gasteiger partial charge in [0.1, 0.15) is 11.9 Å². The average Bonchev–Trinajstić information content (AvgIpc) is 2.81. The molecule has 0 saturated carbocycles. The van der Waals surface area contributed by atoms with Crippen LogP contribution >= 0.6 is 27.3 Å². The van der Waals surface area contributed by atoms with Crippen LogP contribution in [0.5, 0.6) is 5.75 Å². The van der Waals surface area contributed by atoms with Crippen molar-refractivity contribution >= 4 is 27.3 Å². The maximum atomic E-state index is 10.1. The molecule has 0 radical (unpaired) electrons. The number of hydrogen-bond donors (Lipinski definition) is 1. The smallest absolute Gasteiger partial charge is 0.144 e. The molecular formula is C12H10BrNO2S. The first-order valence-corrected chi connectivity index (χ1v) is 7.00. The lowest BCUT2D eigenvalue weighted by molar-refractivity contribution is 0.0639. The van der Waals surface area contributed by atoms with E-state index in [1.165, 1.54) is 11.3 Å². The molecule has 17 heavy (non-hydrogen) atoms. The van der Waals surface area contributed by atoms with E-state index in [1.54, 1.807) is 5.51 Å². The van der Waals surface area contributed by atoms with Crippen molar-refractivity contribution in [3.05, 3.63) is 44.8 Å². The van der Waals surface area contributed by atoms with Gasteiger partial charge in [-0.05, 0) is 12.1 Å². The van der Waals surface area contributed by atoms with Gasteiger partial charge in [-0.15, -0.1) is 11.3 Å². The molecule has 1 aliphatic rings. The van der Waals surface area contributed by atoms with Crippen LogP contribution in [0.25, 0.3) is 0 Å². The second-order valence-corrected chi connectivity index (χ2v) is 5.59. The standard InChI is InChI=1S/C12H10BrNO2S/c13-7-1-2-8-10(15)4-12(16-11(8)3-7)9-5-17-6-14-9/h1-3,5-6,10,12,15H,4H2/t10-,12?/m1/s1.